The minimum Gasteiger partial charge on any atom is -0.396 e. The first-order chi connectivity index (χ1) is 8.02. The van der Waals surface area contributed by atoms with Crippen LogP contribution in [0.4, 0.5) is 11.4 Å². The molecule has 5 N–H and O–H groups in total. The lowest BCUT2D eigenvalue weighted by Crippen LogP contribution is -2.17. The molecule has 0 aromatic heterocycles. The van der Waals surface area contributed by atoms with Gasteiger partial charge in [-0.3, -0.25) is 4.79 Å². The Labute approximate surface area is 101 Å². The van der Waals surface area contributed by atoms with Gasteiger partial charge >= 0.3 is 0 Å². The second kappa shape index (κ2) is 6.10. The Hall–Kier alpha value is -1.75. The number of hydrogen-bond donors (Lipinski definition) is 3. The number of anilines is 2. The van der Waals surface area contributed by atoms with Crippen molar-refractivity contribution < 1.29 is 9.53 Å². The minimum absolute atomic E-state index is 0.200. The number of para-hydroxylation sites is 1. The Morgan fingerprint density at radius 2 is 2.18 bits per heavy atom. The zero-order chi connectivity index (χ0) is 12.8. The van der Waals surface area contributed by atoms with Crippen LogP contribution in [-0.2, 0) is 4.74 Å². The number of carbonyl (C=O) groups excluding carboxylic acids is 1. The maximum Gasteiger partial charge on any atom is 0.250 e. The predicted octanol–water partition coefficient (Wildman–Crippen LogP) is 1.20. The highest BCUT2D eigenvalue weighted by Crippen LogP contribution is 2.21. The van der Waals surface area contributed by atoms with Crippen LogP contribution in [0.1, 0.15) is 24.2 Å². The second-order valence-corrected chi connectivity index (χ2v) is 3.98. The lowest BCUT2D eigenvalue weighted by molar-refractivity contribution is 0.0870. The minimum atomic E-state index is -0.524. The topological polar surface area (TPSA) is 90.4 Å². The van der Waals surface area contributed by atoms with Crippen molar-refractivity contribution in [2.75, 3.05) is 24.2 Å². The Balaban J connectivity index is 2.59. The monoisotopic (exact) mass is 237 g/mol. The van der Waals surface area contributed by atoms with E-state index in [0.717, 1.165) is 0 Å². The maximum absolute atomic E-state index is 11.1. The highest BCUT2D eigenvalue weighted by Gasteiger charge is 2.08. The van der Waals surface area contributed by atoms with Crippen LogP contribution in [0.3, 0.4) is 0 Å². The molecule has 0 fully saturated rings. The Morgan fingerprint density at radius 3 is 2.76 bits per heavy atom. The molecule has 1 amide bonds. The second-order valence-electron chi connectivity index (χ2n) is 3.98. The van der Waals surface area contributed by atoms with E-state index >= 15 is 0 Å². The predicted molar refractivity (Wildman–Crippen MR) is 69.0 cm³/mol. The molecule has 0 saturated heterocycles. The van der Waals surface area contributed by atoms with Gasteiger partial charge in [-0.05, 0) is 26.0 Å². The molecule has 94 valence electrons. The SMILES string of the molecule is CC(C)OCCNc1cccc(C(N)=O)c1N. The van der Waals surface area contributed by atoms with Gasteiger partial charge in [0.2, 0.25) is 0 Å². The number of primary amides is 1. The van der Waals surface area contributed by atoms with Crippen LogP contribution in [-0.4, -0.2) is 25.2 Å². The van der Waals surface area contributed by atoms with Crippen molar-refractivity contribution in [3.8, 4) is 0 Å². The molecule has 0 heterocycles. The van der Waals surface area contributed by atoms with E-state index in [1.807, 2.05) is 13.8 Å². The molecule has 5 heteroatoms. The number of carbonyl (C=O) groups is 1. The fourth-order valence-corrected chi connectivity index (χ4v) is 1.41. The lowest BCUT2D eigenvalue weighted by atomic mass is 10.1. The normalized spacial score (nSPS) is 10.5. The summed E-state index contributed by atoms with van der Waals surface area (Å²) in [5.41, 5.74) is 12.4. The average Bonchev–Trinajstić information content (AvgIpc) is 2.25. The van der Waals surface area contributed by atoms with Crippen molar-refractivity contribution in [2.45, 2.75) is 20.0 Å². The molecule has 17 heavy (non-hydrogen) atoms. The van der Waals surface area contributed by atoms with Gasteiger partial charge in [-0.1, -0.05) is 6.07 Å². The Bertz CT molecular complexity index is 391. The number of hydrogen-bond acceptors (Lipinski definition) is 4. The quantitative estimate of drug-likeness (QED) is 0.512. The van der Waals surface area contributed by atoms with Crippen LogP contribution in [0.2, 0.25) is 0 Å². The first-order valence-corrected chi connectivity index (χ1v) is 5.56. The molecule has 1 aromatic rings. The molecule has 0 aliphatic rings. The number of ether oxygens (including phenoxy) is 1. The van der Waals surface area contributed by atoms with Crippen LogP contribution in [0.25, 0.3) is 0 Å². The molecule has 0 spiro atoms. The van der Waals surface area contributed by atoms with Gasteiger partial charge in [0.05, 0.1) is 29.6 Å². The van der Waals surface area contributed by atoms with Gasteiger partial charge in [-0.25, -0.2) is 0 Å². The van der Waals surface area contributed by atoms with Crippen molar-refractivity contribution in [3.05, 3.63) is 23.8 Å². The highest BCUT2D eigenvalue weighted by atomic mass is 16.5. The van der Waals surface area contributed by atoms with Gasteiger partial charge in [-0.2, -0.15) is 0 Å². The van der Waals surface area contributed by atoms with E-state index in [9.17, 15) is 4.79 Å². The van der Waals surface area contributed by atoms with Crippen molar-refractivity contribution in [1.82, 2.24) is 0 Å². The number of nitrogens with two attached hydrogens (primary N) is 2. The van der Waals surface area contributed by atoms with Crippen LogP contribution in [0, 0.1) is 0 Å². The van der Waals surface area contributed by atoms with Gasteiger partial charge in [0, 0.05) is 6.54 Å². The van der Waals surface area contributed by atoms with Crippen molar-refractivity contribution in [1.29, 1.82) is 0 Å². The molecule has 0 saturated carbocycles. The molecule has 1 rings (SSSR count). The number of amides is 1. The summed E-state index contributed by atoms with van der Waals surface area (Å²) < 4.78 is 5.39. The molecular weight excluding hydrogens is 218 g/mol. The number of nitrogens with one attached hydrogen (secondary N) is 1. The third-order valence-electron chi connectivity index (χ3n) is 2.24. The first kappa shape index (κ1) is 13.3. The number of benzene rings is 1. The Kier molecular flexibility index (Phi) is 4.78. The molecule has 0 radical (unpaired) electrons. The van der Waals surface area contributed by atoms with Crippen molar-refractivity contribution in [2.24, 2.45) is 5.73 Å². The van der Waals surface area contributed by atoms with E-state index in [1.54, 1.807) is 18.2 Å². The summed E-state index contributed by atoms with van der Waals surface area (Å²) >= 11 is 0. The molecule has 0 atom stereocenters. The third kappa shape index (κ3) is 3.96. The fourth-order valence-electron chi connectivity index (χ4n) is 1.41. The fraction of sp³-hybridized carbons (Fsp3) is 0.417. The summed E-state index contributed by atoms with van der Waals surface area (Å²) in [6.07, 6.45) is 0.200. The van der Waals surface area contributed by atoms with E-state index in [1.165, 1.54) is 0 Å². The van der Waals surface area contributed by atoms with E-state index in [4.69, 9.17) is 16.2 Å². The van der Waals surface area contributed by atoms with Gasteiger partial charge in [0.25, 0.3) is 5.91 Å². The molecular formula is C12H19N3O2. The zero-order valence-electron chi connectivity index (χ0n) is 10.2. The van der Waals surface area contributed by atoms with E-state index in [-0.39, 0.29) is 6.10 Å². The van der Waals surface area contributed by atoms with E-state index in [2.05, 4.69) is 5.32 Å². The highest BCUT2D eigenvalue weighted by molar-refractivity contribution is 6.00. The van der Waals surface area contributed by atoms with Crippen LogP contribution in [0.15, 0.2) is 18.2 Å². The summed E-state index contributed by atoms with van der Waals surface area (Å²) in [5.74, 6) is -0.524. The van der Waals surface area contributed by atoms with Crippen molar-refractivity contribution in [3.63, 3.8) is 0 Å². The average molecular weight is 237 g/mol. The summed E-state index contributed by atoms with van der Waals surface area (Å²) in [6, 6.07) is 5.15. The van der Waals surface area contributed by atoms with Crippen LogP contribution >= 0.6 is 0 Å². The summed E-state index contributed by atoms with van der Waals surface area (Å²) in [6.45, 7) is 5.16. The van der Waals surface area contributed by atoms with Crippen molar-refractivity contribution >= 4 is 17.3 Å². The Morgan fingerprint density at radius 1 is 1.47 bits per heavy atom. The maximum atomic E-state index is 11.1. The zero-order valence-corrected chi connectivity index (χ0v) is 10.2. The number of rotatable bonds is 6. The molecule has 5 nitrogen and oxygen atoms in total. The largest absolute Gasteiger partial charge is 0.396 e. The van der Waals surface area contributed by atoms with E-state index in [0.29, 0.717) is 30.1 Å². The van der Waals surface area contributed by atoms with Gasteiger partial charge in [0.1, 0.15) is 0 Å². The number of nitrogen functional groups attached to an aromatic ring is 1. The smallest absolute Gasteiger partial charge is 0.250 e. The summed E-state index contributed by atoms with van der Waals surface area (Å²) in [7, 11) is 0. The first-order valence-electron chi connectivity index (χ1n) is 5.56. The standard InChI is InChI=1S/C12H19N3O2/c1-8(2)17-7-6-15-10-5-3-4-9(11(10)13)12(14)16/h3-5,8,15H,6-7,13H2,1-2H3,(H2,14,16). The summed E-state index contributed by atoms with van der Waals surface area (Å²) in [4.78, 5) is 11.1. The van der Waals surface area contributed by atoms with E-state index < -0.39 is 5.91 Å². The van der Waals surface area contributed by atoms with Gasteiger partial charge in [-0.15, -0.1) is 0 Å². The molecule has 0 unspecified atom stereocenters. The molecule has 1 aromatic carbocycles. The van der Waals surface area contributed by atoms with Crippen LogP contribution < -0.4 is 16.8 Å². The van der Waals surface area contributed by atoms with Gasteiger partial charge < -0.3 is 21.5 Å². The third-order valence-corrected chi connectivity index (χ3v) is 2.24. The molecule has 0 aliphatic heterocycles. The molecule has 0 aliphatic carbocycles. The van der Waals surface area contributed by atoms with Gasteiger partial charge in [0.15, 0.2) is 0 Å². The lowest BCUT2D eigenvalue weighted by Gasteiger charge is -2.12. The molecule has 0 bridgehead atoms. The summed E-state index contributed by atoms with van der Waals surface area (Å²) in [5, 5.41) is 3.11. The van der Waals surface area contributed by atoms with Crippen LogP contribution in [0.5, 0.6) is 0 Å².